The maximum absolute atomic E-state index is 11.4. The summed E-state index contributed by atoms with van der Waals surface area (Å²) in [6, 6.07) is 0. The van der Waals surface area contributed by atoms with E-state index in [4.69, 9.17) is 11.6 Å². The Morgan fingerprint density at radius 1 is 1.56 bits per heavy atom. The number of halogens is 4. The first-order valence-corrected chi connectivity index (χ1v) is 2.95. The van der Waals surface area contributed by atoms with Crippen molar-refractivity contribution in [2.24, 2.45) is 0 Å². The zero-order chi connectivity index (χ0) is 7.49. The van der Waals surface area contributed by atoms with Crippen LogP contribution in [0.25, 0.3) is 0 Å². The van der Waals surface area contributed by atoms with E-state index in [-0.39, 0.29) is 5.75 Å². The van der Waals surface area contributed by atoms with Crippen LogP contribution >= 0.6 is 24.2 Å². The molecule has 0 bridgehead atoms. The number of allylic oxidation sites excluding steroid dienone is 1. The van der Waals surface area contributed by atoms with Crippen LogP contribution in [-0.4, -0.2) is 11.9 Å². The molecule has 5 heteroatoms. The molecular formula is C4H3ClF3S. The molecule has 0 N–H and O–H groups in total. The Morgan fingerprint density at radius 3 is 2.11 bits per heavy atom. The Morgan fingerprint density at radius 2 is 2.00 bits per heavy atom. The van der Waals surface area contributed by atoms with Gasteiger partial charge in [0.25, 0.3) is 0 Å². The third-order valence-corrected chi connectivity index (χ3v) is 1.07. The van der Waals surface area contributed by atoms with Crippen molar-refractivity contribution >= 4 is 24.2 Å². The topological polar surface area (TPSA) is 0 Å². The van der Waals surface area contributed by atoms with Crippen LogP contribution in [0.5, 0.6) is 0 Å². The van der Waals surface area contributed by atoms with Crippen LogP contribution in [0.3, 0.4) is 0 Å². The molecule has 0 atom stereocenters. The van der Waals surface area contributed by atoms with Gasteiger partial charge in [-0.3, -0.25) is 0 Å². The lowest BCUT2D eigenvalue weighted by Gasteiger charge is -2.01. The molecule has 0 aromatic rings. The predicted molar refractivity (Wildman–Crippen MR) is 32.4 cm³/mol. The minimum Gasteiger partial charge on any atom is -0.165 e. The molecule has 0 heterocycles. The molecule has 0 nitrogen and oxygen atoms in total. The van der Waals surface area contributed by atoms with Crippen LogP contribution in [0.15, 0.2) is 11.1 Å². The number of alkyl halides is 3. The summed E-state index contributed by atoms with van der Waals surface area (Å²) in [4.78, 5) is 0. The van der Waals surface area contributed by atoms with Crippen molar-refractivity contribution in [1.82, 2.24) is 0 Å². The number of hydrogen-bond donors (Lipinski definition) is 0. The van der Waals surface area contributed by atoms with E-state index < -0.39 is 11.2 Å². The second-order valence-corrected chi connectivity index (χ2v) is 1.96. The van der Waals surface area contributed by atoms with Crippen LogP contribution in [0.2, 0.25) is 0 Å². The fourth-order valence-corrected chi connectivity index (χ4v) is 0.524. The first-order chi connectivity index (χ1) is 3.98. The molecule has 0 saturated heterocycles. The van der Waals surface area contributed by atoms with Crippen LogP contribution in [0, 0.1) is 0 Å². The van der Waals surface area contributed by atoms with Crippen LogP contribution in [0.4, 0.5) is 13.2 Å². The lowest BCUT2D eigenvalue weighted by molar-refractivity contribution is -0.0846. The van der Waals surface area contributed by atoms with Gasteiger partial charge in [-0.15, -0.1) is 0 Å². The molecular weight excluding hydrogens is 173 g/mol. The van der Waals surface area contributed by atoms with Crippen molar-refractivity contribution < 1.29 is 13.2 Å². The van der Waals surface area contributed by atoms with E-state index in [1.54, 1.807) is 0 Å². The van der Waals surface area contributed by atoms with E-state index in [9.17, 15) is 13.2 Å². The summed E-state index contributed by atoms with van der Waals surface area (Å²) in [6.07, 6.45) is -3.68. The summed E-state index contributed by atoms with van der Waals surface area (Å²) >= 11 is 8.96. The van der Waals surface area contributed by atoms with Gasteiger partial charge in [-0.1, -0.05) is 24.2 Å². The molecule has 0 fully saturated rings. The molecule has 0 amide bonds. The highest BCUT2D eigenvalue weighted by Crippen LogP contribution is 2.28. The fourth-order valence-electron chi connectivity index (χ4n) is 0.189. The van der Waals surface area contributed by atoms with E-state index in [1.165, 1.54) is 0 Å². The lowest BCUT2D eigenvalue weighted by Crippen LogP contribution is -2.06. The van der Waals surface area contributed by atoms with Gasteiger partial charge in [-0.25, -0.2) is 0 Å². The maximum Gasteiger partial charge on any atom is 0.426 e. The van der Waals surface area contributed by atoms with E-state index in [2.05, 4.69) is 12.6 Å². The van der Waals surface area contributed by atoms with E-state index >= 15 is 0 Å². The van der Waals surface area contributed by atoms with Gasteiger partial charge in [0.05, 0.1) is 0 Å². The van der Waals surface area contributed by atoms with E-state index in [1.807, 2.05) is 0 Å². The van der Waals surface area contributed by atoms with Crippen LogP contribution in [-0.2, 0) is 0 Å². The second kappa shape index (κ2) is 3.37. The Kier molecular flexibility index (Phi) is 3.43. The van der Waals surface area contributed by atoms with Crippen LogP contribution in [0.1, 0.15) is 0 Å². The first kappa shape index (κ1) is 9.17. The molecule has 0 aromatic heterocycles. The zero-order valence-corrected chi connectivity index (χ0v) is 5.78. The average Bonchev–Trinajstić information content (AvgIpc) is 1.64. The molecule has 0 aromatic carbocycles. The summed E-state index contributed by atoms with van der Waals surface area (Å²) in [5, 5.41) is -1.14. The molecule has 0 rings (SSSR count). The van der Waals surface area contributed by atoms with Gasteiger partial charge < -0.3 is 0 Å². The molecule has 1 radical (unpaired) electrons. The Bertz CT molecular complexity index is 117. The monoisotopic (exact) mass is 175 g/mol. The minimum absolute atomic E-state index is 0.113. The predicted octanol–water partition coefficient (Wildman–Crippen LogP) is 2.87. The van der Waals surface area contributed by atoms with Gasteiger partial charge in [0, 0.05) is 5.75 Å². The van der Waals surface area contributed by atoms with Gasteiger partial charge in [0.2, 0.25) is 0 Å². The van der Waals surface area contributed by atoms with Crippen molar-refractivity contribution in [1.29, 1.82) is 0 Å². The summed E-state index contributed by atoms with van der Waals surface area (Å²) in [5.74, 6) is -0.113. The van der Waals surface area contributed by atoms with Gasteiger partial charge in [-0.05, 0) is 6.08 Å². The summed E-state index contributed by atoms with van der Waals surface area (Å²) < 4.78 is 34.2. The van der Waals surface area contributed by atoms with Crippen molar-refractivity contribution in [3.8, 4) is 0 Å². The smallest absolute Gasteiger partial charge is 0.165 e. The molecule has 0 spiro atoms. The standard InChI is InChI=1S/C4H3ClF3S/c5-3(1-2-9)4(6,7)8/h1H,2H2. The molecule has 53 valence electrons. The highest BCUT2D eigenvalue weighted by Gasteiger charge is 2.31. The molecule has 0 saturated carbocycles. The Hall–Kier alpha value is 0.170. The SMILES string of the molecule is FC(F)(F)C(Cl)=CC[S]. The highest BCUT2D eigenvalue weighted by molar-refractivity contribution is 7.80. The fraction of sp³-hybridized carbons (Fsp3) is 0.500. The lowest BCUT2D eigenvalue weighted by atomic mass is 10.5. The second-order valence-electron chi connectivity index (χ2n) is 1.22. The summed E-state index contributed by atoms with van der Waals surface area (Å²) in [7, 11) is 0. The number of hydrogen-bond acceptors (Lipinski definition) is 0. The number of rotatable bonds is 1. The van der Waals surface area contributed by atoms with Crippen LogP contribution < -0.4 is 0 Å². The summed E-state index contributed by atoms with van der Waals surface area (Å²) in [6.45, 7) is 0. The van der Waals surface area contributed by atoms with Gasteiger partial charge >= 0.3 is 6.18 Å². The Balaban J connectivity index is 4.03. The quantitative estimate of drug-likeness (QED) is 0.575. The van der Waals surface area contributed by atoms with Gasteiger partial charge in [0.1, 0.15) is 5.03 Å². The molecule has 0 unspecified atom stereocenters. The van der Waals surface area contributed by atoms with Crippen molar-refractivity contribution in [3.05, 3.63) is 11.1 Å². The molecule has 0 aliphatic heterocycles. The first-order valence-electron chi connectivity index (χ1n) is 1.99. The summed E-state index contributed by atoms with van der Waals surface area (Å²) in [5.41, 5.74) is 0. The zero-order valence-electron chi connectivity index (χ0n) is 4.20. The van der Waals surface area contributed by atoms with E-state index in [0.29, 0.717) is 0 Å². The third kappa shape index (κ3) is 3.70. The molecule has 9 heavy (non-hydrogen) atoms. The van der Waals surface area contributed by atoms with Crippen molar-refractivity contribution in [2.75, 3.05) is 5.75 Å². The highest BCUT2D eigenvalue weighted by atomic mass is 35.5. The minimum atomic E-state index is -4.43. The van der Waals surface area contributed by atoms with Crippen molar-refractivity contribution in [2.45, 2.75) is 6.18 Å². The van der Waals surface area contributed by atoms with Crippen molar-refractivity contribution in [3.63, 3.8) is 0 Å². The largest absolute Gasteiger partial charge is 0.426 e. The molecule has 0 aliphatic rings. The van der Waals surface area contributed by atoms with Gasteiger partial charge in [0.15, 0.2) is 0 Å². The Labute approximate surface area is 61.1 Å². The van der Waals surface area contributed by atoms with Gasteiger partial charge in [-0.2, -0.15) is 13.2 Å². The molecule has 0 aliphatic carbocycles. The normalized spacial score (nSPS) is 14.1. The van der Waals surface area contributed by atoms with E-state index in [0.717, 1.165) is 6.08 Å². The maximum atomic E-state index is 11.4. The average molecular weight is 176 g/mol. The third-order valence-electron chi connectivity index (χ3n) is 0.533.